The summed E-state index contributed by atoms with van der Waals surface area (Å²) in [6, 6.07) is 13.8. The number of nitrogens with two attached hydrogens (primary N) is 2. The van der Waals surface area contributed by atoms with Crippen LogP contribution in [0.4, 0.5) is 10.1 Å². The van der Waals surface area contributed by atoms with E-state index in [0.717, 1.165) is 16.4 Å². The highest BCUT2D eigenvalue weighted by atomic mass is 35.5. The van der Waals surface area contributed by atoms with Crippen molar-refractivity contribution in [3.8, 4) is 0 Å². The predicted molar refractivity (Wildman–Crippen MR) is 133 cm³/mol. The normalized spacial score (nSPS) is 11.2. The number of benzene rings is 3. The molecule has 0 saturated heterocycles. The lowest BCUT2D eigenvalue weighted by Gasteiger charge is -2.26. The number of sulfonamides is 1. The summed E-state index contributed by atoms with van der Waals surface area (Å²) < 4.78 is 42.7. The van der Waals surface area contributed by atoms with Gasteiger partial charge in [-0.25, -0.2) is 17.6 Å². The second-order valence-electron chi connectivity index (χ2n) is 7.70. The molecule has 0 unspecified atom stereocenters. The summed E-state index contributed by atoms with van der Waals surface area (Å²) >= 11 is 6.22. The Balaban J connectivity index is 1.97. The van der Waals surface area contributed by atoms with Crippen molar-refractivity contribution in [1.29, 1.82) is 0 Å². The standard InChI is InChI=1S/C24H24ClFN4O5S/c25-19-5-2-6-21(18(19)12-28)30(36(34,35)22-8-7-15(11-27)10-20(22)26)14-23(31)29-13-16-3-1-4-17(9-16)24(32)33/h1-10H,11-14,27-28H2,(H,29,31)(H,32,33). The summed E-state index contributed by atoms with van der Waals surface area (Å²) in [4.78, 5) is 23.4. The average molecular weight is 535 g/mol. The van der Waals surface area contributed by atoms with Crippen LogP contribution >= 0.6 is 11.6 Å². The lowest BCUT2D eigenvalue weighted by atomic mass is 10.1. The topological polar surface area (TPSA) is 156 Å². The first-order valence-electron chi connectivity index (χ1n) is 10.7. The van der Waals surface area contributed by atoms with E-state index < -0.39 is 39.2 Å². The van der Waals surface area contributed by atoms with Crippen molar-refractivity contribution in [1.82, 2.24) is 5.32 Å². The summed E-state index contributed by atoms with van der Waals surface area (Å²) in [5.74, 6) is -2.87. The van der Waals surface area contributed by atoms with Gasteiger partial charge in [-0.05, 0) is 47.5 Å². The van der Waals surface area contributed by atoms with Crippen LogP contribution in [0, 0.1) is 5.82 Å². The fourth-order valence-corrected chi connectivity index (χ4v) is 5.23. The van der Waals surface area contributed by atoms with E-state index in [1.165, 1.54) is 42.5 Å². The van der Waals surface area contributed by atoms with Crippen LogP contribution in [0.15, 0.2) is 65.6 Å². The molecule has 1 amide bonds. The quantitative estimate of drug-likeness (QED) is 0.311. The molecule has 9 nitrogen and oxygen atoms in total. The van der Waals surface area contributed by atoms with Gasteiger partial charge in [0.25, 0.3) is 10.0 Å². The molecule has 3 rings (SSSR count). The number of aromatic carboxylic acids is 1. The number of carbonyl (C=O) groups is 2. The largest absolute Gasteiger partial charge is 0.478 e. The number of hydrogen-bond acceptors (Lipinski definition) is 6. The van der Waals surface area contributed by atoms with Crippen LogP contribution in [0.1, 0.15) is 27.0 Å². The van der Waals surface area contributed by atoms with Gasteiger partial charge in [0, 0.05) is 30.2 Å². The van der Waals surface area contributed by atoms with Crippen LogP contribution in [-0.4, -0.2) is 31.9 Å². The van der Waals surface area contributed by atoms with Crippen molar-refractivity contribution in [2.75, 3.05) is 10.8 Å². The second kappa shape index (κ2) is 11.5. The smallest absolute Gasteiger partial charge is 0.335 e. The van der Waals surface area contributed by atoms with Gasteiger partial charge in [0.1, 0.15) is 17.3 Å². The highest BCUT2D eigenvalue weighted by molar-refractivity contribution is 7.92. The monoisotopic (exact) mass is 534 g/mol. The van der Waals surface area contributed by atoms with E-state index in [-0.39, 0.29) is 41.5 Å². The highest BCUT2D eigenvalue weighted by Gasteiger charge is 2.31. The first-order valence-corrected chi connectivity index (χ1v) is 12.5. The van der Waals surface area contributed by atoms with E-state index in [1.54, 1.807) is 6.07 Å². The third-order valence-electron chi connectivity index (χ3n) is 5.32. The van der Waals surface area contributed by atoms with Gasteiger partial charge in [-0.3, -0.25) is 9.10 Å². The van der Waals surface area contributed by atoms with Crippen LogP contribution in [0.2, 0.25) is 5.02 Å². The van der Waals surface area contributed by atoms with Crippen LogP contribution in [0.3, 0.4) is 0 Å². The van der Waals surface area contributed by atoms with Gasteiger partial charge in [0.2, 0.25) is 5.91 Å². The summed E-state index contributed by atoms with van der Waals surface area (Å²) in [6.45, 7) is -0.906. The number of anilines is 1. The predicted octanol–water partition coefficient (Wildman–Crippen LogP) is 2.61. The number of halogens is 2. The van der Waals surface area contributed by atoms with Crippen molar-refractivity contribution in [2.45, 2.75) is 24.5 Å². The van der Waals surface area contributed by atoms with Gasteiger partial charge in [-0.1, -0.05) is 35.9 Å². The zero-order chi connectivity index (χ0) is 26.5. The summed E-state index contributed by atoms with van der Waals surface area (Å²) in [7, 11) is -4.59. The van der Waals surface area contributed by atoms with E-state index in [1.807, 2.05) is 0 Å². The Morgan fingerprint density at radius 3 is 2.36 bits per heavy atom. The average Bonchev–Trinajstić information content (AvgIpc) is 2.85. The first-order chi connectivity index (χ1) is 17.1. The minimum Gasteiger partial charge on any atom is -0.478 e. The molecular weight excluding hydrogens is 511 g/mol. The molecule has 0 bridgehead atoms. The maximum Gasteiger partial charge on any atom is 0.335 e. The van der Waals surface area contributed by atoms with Crippen LogP contribution in [-0.2, 0) is 34.5 Å². The fraction of sp³-hybridized carbons (Fsp3) is 0.167. The second-order valence-corrected chi connectivity index (χ2v) is 9.94. The maximum atomic E-state index is 14.8. The molecule has 12 heteroatoms. The van der Waals surface area contributed by atoms with Crippen molar-refractivity contribution in [2.24, 2.45) is 11.5 Å². The molecule has 0 heterocycles. The summed E-state index contributed by atoms with van der Waals surface area (Å²) in [5.41, 5.74) is 12.5. The number of nitrogens with one attached hydrogen (secondary N) is 1. The van der Waals surface area contributed by atoms with Crippen molar-refractivity contribution in [3.05, 3.63) is 93.8 Å². The molecule has 0 radical (unpaired) electrons. The molecule has 0 fully saturated rings. The first kappa shape index (κ1) is 27.1. The van der Waals surface area contributed by atoms with E-state index in [2.05, 4.69) is 5.32 Å². The Morgan fingerprint density at radius 1 is 1.00 bits per heavy atom. The number of hydrogen-bond donors (Lipinski definition) is 4. The molecule has 0 aliphatic carbocycles. The summed E-state index contributed by atoms with van der Waals surface area (Å²) in [5, 5.41) is 11.9. The van der Waals surface area contributed by atoms with Gasteiger partial charge in [-0.15, -0.1) is 0 Å². The maximum absolute atomic E-state index is 14.8. The molecule has 0 atom stereocenters. The zero-order valence-electron chi connectivity index (χ0n) is 18.9. The molecule has 0 spiro atoms. The molecular formula is C24H24ClFN4O5S. The Morgan fingerprint density at radius 2 is 1.72 bits per heavy atom. The third-order valence-corrected chi connectivity index (χ3v) is 7.46. The molecule has 190 valence electrons. The Hall–Kier alpha value is -3.51. The van der Waals surface area contributed by atoms with Gasteiger partial charge in [0.15, 0.2) is 0 Å². The Labute approximate surface area is 212 Å². The molecule has 0 aliphatic heterocycles. The minimum atomic E-state index is -4.59. The third kappa shape index (κ3) is 6.00. The fourth-order valence-electron chi connectivity index (χ4n) is 3.48. The number of rotatable bonds is 10. The van der Waals surface area contributed by atoms with Crippen LogP contribution in [0.25, 0.3) is 0 Å². The lowest BCUT2D eigenvalue weighted by Crippen LogP contribution is -2.41. The van der Waals surface area contributed by atoms with E-state index in [9.17, 15) is 22.4 Å². The summed E-state index contributed by atoms with van der Waals surface area (Å²) in [6.07, 6.45) is 0. The molecule has 36 heavy (non-hydrogen) atoms. The molecule has 3 aromatic carbocycles. The number of carbonyl (C=O) groups excluding carboxylic acids is 1. The number of amides is 1. The van der Waals surface area contributed by atoms with E-state index >= 15 is 0 Å². The number of carboxylic acids is 1. The molecule has 3 aromatic rings. The van der Waals surface area contributed by atoms with Crippen molar-refractivity contribution >= 4 is 39.2 Å². The molecule has 0 aliphatic rings. The Bertz CT molecular complexity index is 1400. The highest BCUT2D eigenvalue weighted by Crippen LogP contribution is 2.32. The number of nitrogens with zero attached hydrogens (tertiary/aromatic N) is 1. The molecule has 0 saturated carbocycles. The molecule has 0 aromatic heterocycles. The number of carboxylic acid groups (broad SMARTS) is 1. The molecule has 6 N–H and O–H groups in total. The SMILES string of the molecule is NCc1ccc(S(=O)(=O)N(CC(=O)NCc2cccc(C(=O)O)c2)c2cccc(Cl)c2CN)c(F)c1. The van der Waals surface area contributed by atoms with E-state index in [0.29, 0.717) is 11.1 Å². The Kier molecular flexibility index (Phi) is 8.64. The lowest BCUT2D eigenvalue weighted by molar-refractivity contribution is -0.119. The van der Waals surface area contributed by atoms with Crippen LogP contribution < -0.4 is 21.1 Å². The zero-order valence-corrected chi connectivity index (χ0v) is 20.5. The van der Waals surface area contributed by atoms with Crippen molar-refractivity contribution in [3.63, 3.8) is 0 Å². The van der Waals surface area contributed by atoms with Crippen LogP contribution in [0.5, 0.6) is 0 Å². The minimum absolute atomic E-state index is 0.0120. The van der Waals surface area contributed by atoms with Crippen molar-refractivity contribution < 1.29 is 27.5 Å². The van der Waals surface area contributed by atoms with Gasteiger partial charge < -0.3 is 21.9 Å². The van der Waals surface area contributed by atoms with Gasteiger partial charge in [0.05, 0.1) is 11.3 Å². The van der Waals surface area contributed by atoms with Gasteiger partial charge >= 0.3 is 5.97 Å². The van der Waals surface area contributed by atoms with Gasteiger partial charge in [-0.2, -0.15) is 0 Å². The van der Waals surface area contributed by atoms with E-state index in [4.69, 9.17) is 28.2 Å².